The summed E-state index contributed by atoms with van der Waals surface area (Å²) in [5.41, 5.74) is 7.11. The first kappa shape index (κ1) is 21.6. The van der Waals surface area contributed by atoms with Crippen LogP contribution in [0.3, 0.4) is 0 Å². The summed E-state index contributed by atoms with van der Waals surface area (Å²) in [5, 5.41) is 10.00. The van der Waals surface area contributed by atoms with Gasteiger partial charge in [-0.15, -0.1) is 0 Å². The normalized spacial score (nSPS) is 18.2. The summed E-state index contributed by atoms with van der Waals surface area (Å²) in [6.07, 6.45) is 2.49. The molecule has 1 aromatic carbocycles. The number of amides is 1. The van der Waals surface area contributed by atoms with Gasteiger partial charge in [-0.1, -0.05) is 18.2 Å². The van der Waals surface area contributed by atoms with Crippen molar-refractivity contribution in [2.75, 3.05) is 18.9 Å². The number of aromatic nitrogens is 4. The SMILES string of the molecule is Nc1ncnc2c1ncn2CCCOC(=O)C1CC(O)CN1C(=O)Cc1ccccc1F. The molecule has 2 aromatic heterocycles. The van der Waals surface area contributed by atoms with Crippen LogP contribution in [0.25, 0.3) is 11.2 Å². The number of β-amino-alcohol motifs (C(OH)–C–C–N with tert-alkyl or cyclic N) is 1. The fraction of sp³-hybridized carbons (Fsp3) is 0.381. The Hall–Kier alpha value is -3.60. The lowest BCUT2D eigenvalue weighted by Gasteiger charge is -2.23. The number of hydrogen-bond donors (Lipinski definition) is 2. The Labute approximate surface area is 182 Å². The molecule has 0 bridgehead atoms. The Morgan fingerprint density at radius 3 is 2.88 bits per heavy atom. The quantitative estimate of drug-likeness (QED) is 0.403. The van der Waals surface area contributed by atoms with Gasteiger partial charge in [0.1, 0.15) is 23.7 Å². The molecule has 10 nitrogen and oxygen atoms in total. The number of likely N-dealkylation sites (tertiary alicyclic amines) is 1. The highest BCUT2D eigenvalue weighted by atomic mass is 19.1. The molecule has 1 aliphatic rings. The van der Waals surface area contributed by atoms with E-state index in [1.807, 2.05) is 0 Å². The number of fused-ring (bicyclic) bond motifs is 1. The zero-order chi connectivity index (χ0) is 22.7. The highest BCUT2D eigenvalue weighted by Gasteiger charge is 2.39. The molecule has 168 valence electrons. The number of nitrogens with zero attached hydrogens (tertiary/aromatic N) is 5. The van der Waals surface area contributed by atoms with Gasteiger partial charge in [-0.3, -0.25) is 4.79 Å². The number of aliphatic hydroxyl groups is 1. The van der Waals surface area contributed by atoms with Crippen LogP contribution in [0, 0.1) is 5.82 Å². The van der Waals surface area contributed by atoms with Crippen molar-refractivity contribution in [1.82, 2.24) is 24.4 Å². The molecule has 0 radical (unpaired) electrons. The van der Waals surface area contributed by atoms with E-state index in [0.29, 0.717) is 29.9 Å². The molecule has 2 unspecified atom stereocenters. The van der Waals surface area contributed by atoms with Crippen LogP contribution in [0.2, 0.25) is 0 Å². The fourth-order valence-corrected chi connectivity index (χ4v) is 3.79. The third kappa shape index (κ3) is 4.52. The Morgan fingerprint density at radius 2 is 2.06 bits per heavy atom. The third-order valence-corrected chi connectivity index (χ3v) is 5.39. The molecule has 3 heterocycles. The fourth-order valence-electron chi connectivity index (χ4n) is 3.79. The third-order valence-electron chi connectivity index (χ3n) is 5.39. The molecule has 1 amide bonds. The number of ether oxygens (including phenoxy) is 1. The minimum atomic E-state index is -0.897. The lowest BCUT2D eigenvalue weighted by atomic mass is 10.1. The van der Waals surface area contributed by atoms with E-state index in [1.54, 1.807) is 17.0 Å². The van der Waals surface area contributed by atoms with Crippen molar-refractivity contribution in [2.24, 2.45) is 0 Å². The highest BCUT2D eigenvalue weighted by Crippen LogP contribution is 2.21. The number of anilines is 1. The van der Waals surface area contributed by atoms with Crippen LogP contribution in [0.1, 0.15) is 18.4 Å². The number of imidazole rings is 1. The largest absolute Gasteiger partial charge is 0.464 e. The molecule has 0 aliphatic carbocycles. The van der Waals surface area contributed by atoms with Gasteiger partial charge in [0.05, 0.1) is 25.5 Å². The van der Waals surface area contributed by atoms with Crippen LogP contribution in [0.5, 0.6) is 0 Å². The number of benzene rings is 1. The zero-order valence-corrected chi connectivity index (χ0v) is 17.2. The predicted molar refractivity (Wildman–Crippen MR) is 112 cm³/mol. The maximum Gasteiger partial charge on any atom is 0.328 e. The van der Waals surface area contributed by atoms with Gasteiger partial charge in [0.2, 0.25) is 5.91 Å². The summed E-state index contributed by atoms with van der Waals surface area (Å²) in [4.78, 5) is 38.8. The van der Waals surface area contributed by atoms with Gasteiger partial charge in [0.25, 0.3) is 0 Å². The number of carbonyl (C=O) groups is 2. The van der Waals surface area contributed by atoms with E-state index in [0.717, 1.165) is 0 Å². The maximum atomic E-state index is 13.9. The van der Waals surface area contributed by atoms with Gasteiger partial charge in [-0.25, -0.2) is 24.1 Å². The summed E-state index contributed by atoms with van der Waals surface area (Å²) in [5.74, 6) is -1.22. The Bertz CT molecular complexity index is 1140. The average Bonchev–Trinajstić information content (AvgIpc) is 3.37. The van der Waals surface area contributed by atoms with E-state index in [-0.39, 0.29) is 31.6 Å². The van der Waals surface area contributed by atoms with Crippen LogP contribution < -0.4 is 5.73 Å². The monoisotopic (exact) mass is 442 g/mol. The number of nitrogen functional groups attached to an aromatic ring is 1. The van der Waals surface area contributed by atoms with E-state index in [1.165, 1.54) is 29.4 Å². The molecular formula is C21H23FN6O4. The van der Waals surface area contributed by atoms with Crippen molar-refractivity contribution in [3.05, 3.63) is 48.3 Å². The summed E-state index contributed by atoms with van der Waals surface area (Å²) >= 11 is 0. The molecule has 1 saturated heterocycles. The number of aliphatic hydroxyl groups excluding tert-OH is 1. The topological polar surface area (TPSA) is 136 Å². The molecule has 1 fully saturated rings. The molecule has 11 heteroatoms. The maximum absolute atomic E-state index is 13.9. The lowest BCUT2D eigenvalue weighted by molar-refractivity contribution is -0.153. The Kier molecular flexibility index (Phi) is 6.26. The van der Waals surface area contributed by atoms with Gasteiger partial charge < -0.3 is 25.0 Å². The van der Waals surface area contributed by atoms with Crippen LogP contribution in [-0.4, -0.2) is 66.7 Å². The first-order valence-electron chi connectivity index (χ1n) is 10.2. The summed E-state index contributed by atoms with van der Waals surface area (Å²) in [7, 11) is 0. The summed E-state index contributed by atoms with van der Waals surface area (Å²) in [6, 6.07) is 5.08. The van der Waals surface area contributed by atoms with Crippen molar-refractivity contribution < 1.29 is 23.8 Å². The molecular weight excluding hydrogens is 419 g/mol. The van der Waals surface area contributed by atoms with Crippen LogP contribution in [-0.2, 0) is 27.3 Å². The Morgan fingerprint density at radius 1 is 1.25 bits per heavy atom. The van der Waals surface area contributed by atoms with Crippen molar-refractivity contribution in [3.8, 4) is 0 Å². The second-order valence-electron chi connectivity index (χ2n) is 7.61. The van der Waals surface area contributed by atoms with Crippen LogP contribution >= 0.6 is 0 Å². The van der Waals surface area contributed by atoms with E-state index in [2.05, 4.69) is 15.0 Å². The molecule has 32 heavy (non-hydrogen) atoms. The van der Waals surface area contributed by atoms with Gasteiger partial charge in [0, 0.05) is 19.5 Å². The molecule has 0 saturated carbocycles. The van der Waals surface area contributed by atoms with E-state index < -0.39 is 29.8 Å². The minimum absolute atomic E-state index is 0.00913. The molecule has 2 atom stereocenters. The van der Waals surface area contributed by atoms with Gasteiger partial charge >= 0.3 is 5.97 Å². The predicted octanol–water partition coefficient (Wildman–Crippen LogP) is 0.685. The smallest absolute Gasteiger partial charge is 0.328 e. The van der Waals surface area contributed by atoms with Crippen LogP contribution in [0.15, 0.2) is 36.9 Å². The average molecular weight is 442 g/mol. The zero-order valence-electron chi connectivity index (χ0n) is 17.2. The number of hydrogen-bond acceptors (Lipinski definition) is 8. The molecule has 0 spiro atoms. The first-order valence-corrected chi connectivity index (χ1v) is 10.2. The molecule has 3 aromatic rings. The van der Waals surface area contributed by atoms with Crippen molar-refractivity contribution in [1.29, 1.82) is 0 Å². The summed E-state index contributed by atoms with van der Waals surface area (Å²) in [6.45, 7) is 0.611. The number of carbonyl (C=O) groups excluding carboxylic acids is 2. The van der Waals surface area contributed by atoms with E-state index in [4.69, 9.17) is 10.5 Å². The molecule has 1 aliphatic heterocycles. The minimum Gasteiger partial charge on any atom is -0.464 e. The second-order valence-corrected chi connectivity index (χ2v) is 7.61. The number of rotatable bonds is 7. The first-order chi connectivity index (χ1) is 15.4. The number of nitrogens with two attached hydrogens (primary N) is 1. The van der Waals surface area contributed by atoms with Crippen molar-refractivity contribution in [3.63, 3.8) is 0 Å². The summed E-state index contributed by atoms with van der Waals surface area (Å²) < 4.78 is 21.0. The van der Waals surface area contributed by atoms with Gasteiger partial charge in [-0.2, -0.15) is 0 Å². The van der Waals surface area contributed by atoms with Crippen molar-refractivity contribution in [2.45, 2.75) is 38.0 Å². The van der Waals surface area contributed by atoms with Crippen LogP contribution in [0.4, 0.5) is 10.2 Å². The molecule has 3 N–H and O–H groups in total. The molecule has 4 rings (SSSR count). The number of aryl methyl sites for hydroxylation is 1. The lowest BCUT2D eigenvalue weighted by Crippen LogP contribution is -2.42. The van der Waals surface area contributed by atoms with Gasteiger partial charge in [-0.05, 0) is 18.1 Å². The van der Waals surface area contributed by atoms with Crippen molar-refractivity contribution >= 4 is 28.9 Å². The number of halogens is 1. The second kappa shape index (κ2) is 9.27. The van der Waals surface area contributed by atoms with E-state index >= 15 is 0 Å². The Balaban J connectivity index is 1.32. The standard InChI is InChI=1S/C21H23FN6O4/c22-15-5-2-1-4-13(15)8-17(30)28-10-14(29)9-16(28)21(31)32-7-3-6-27-12-26-18-19(23)24-11-25-20(18)27/h1-2,4-5,11-12,14,16,29H,3,6-10H2,(H2,23,24,25). The highest BCUT2D eigenvalue weighted by molar-refractivity contribution is 5.86. The number of esters is 1. The van der Waals surface area contributed by atoms with E-state index in [9.17, 15) is 19.1 Å². The van der Waals surface area contributed by atoms with Gasteiger partial charge in [0.15, 0.2) is 11.5 Å².